The fourth-order valence-corrected chi connectivity index (χ4v) is 3.47. The Hall–Kier alpha value is -3.00. The Bertz CT molecular complexity index is 944. The third-order valence-electron chi connectivity index (χ3n) is 3.51. The maximum Gasteiger partial charge on any atom is 0.263 e. The molecule has 2 aromatic heterocycles. The molecule has 3 aromatic rings. The van der Waals surface area contributed by atoms with Crippen molar-refractivity contribution in [3.63, 3.8) is 0 Å². The standard InChI is InChI=1S/C17H17N5O2S/c1-13-4-2-3-5-15(13)25(23,24)22-17-7-6-16(20-21-17)19-12-14-8-10-18-11-9-14/h2-11H,12H2,1H3,(H,19,20)(H,21,22). The number of sulfonamides is 1. The fourth-order valence-electron chi connectivity index (χ4n) is 2.22. The van der Waals surface area contributed by atoms with E-state index in [9.17, 15) is 8.42 Å². The van der Waals surface area contributed by atoms with E-state index in [1.165, 1.54) is 0 Å². The molecule has 0 atom stereocenters. The Morgan fingerprint density at radius 3 is 2.28 bits per heavy atom. The van der Waals surface area contributed by atoms with E-state index >= 15 is 0 Å². The van der Waals surface area contributed by atoms with Crippen LogP contribution in [0.5, 0.6) is 0 Å². The van der Waals surface area contributed by atoms with Crippen molar-refractivity contribution in [3.05, 3.63) is 72.1 Å². The Balaban J connectivity index is 1.67. The summed E-state index contributed by atoms with van der Waals surface area (Å²) in [4.78, 5) is 4.18. The summed E-state index contributed by atoms with van der Waals surface area (Å²) < 4.78 is 27.3. The number of benzene rings is 1. The zero-order valence-electron chi connectivity index (χ0n) is 13.5. The predicted molar refractivity (Wildman–Crippen MR) is 95.6 cm³/mol. The SMILES string of the molecule is Cc1ccccc1S(=O)(=O)Nc1ccc(NCc2ccncc2)nn1. The zero-order valence-corrected chi connectivity index (χ0v) is 14.4. The average molecular weight is 355 g/mol. The number of rotatable bonds is 6. The lowest BCUT2D eigenvalue weighted by molar-refractivity contribution is 0.600. The zero-order chi connectivity index (χ0) is 17.7. The van der Waals surface area contributed by atoms with Gasteiger partial charge in [-0.25, -0.2) is 8.42 Å². The third kappa shape index (κ3) is 4.30. The minimum Gasteiger partial charge on any atom is -0.365 e. The number of nitrogens with zero attached hydrogens (tertiary/aromatic N) is 3. The molecule has 0 aliphatic heterocycles. The Labute approximate surface area is 146 Å². The van der Waals surface area contributed by atoms with E-state index < -0.39 is 10.0 Å². The molecule has 0 aliphatic rings. The molecular formula is C17H17N5O2S. The van der Waals surface area contributed by atoms with Crippen molar-refractivity contribution in [2.24, 2.45) is 0 Å². The van der Waals surface area contributed by atoms with Crippen molar-refractivity contribution < 1.29 is 8.42 Å². The summed E-state index contributed by atoms with van der Waals surface area (Å²) in [5.41, 5.74) is 1.72. The van der Waals surface area contributed by atoms with E-state index in [1.54, 1.807) is 55.7 Å². The molecule has 7 nitrogen and oxygen atoms in total. The molecule has 0 spiro atoms. The second-order valence-electron chi connectivity index (χ2n) is 5.38. The summed E-state index contributed by atoms with van der Waals surface area (Å²) in [5, 5.41) is 11.0. The van der Waals surface area contributed by atoms with Crippen LogP contribution in [0.25, 0.3) is 0 Å². The number of nitrogens with one attached hydrogen (secondary N) is 2. The molecule has 128 valence electrons. The van der Waals surface area contributed by atoms with Gasteiger partial charge in [0.05, 0.1) is 4.90 Å². The van der Waals surface area contributed by atoms with Crippen molar-refractivity contribution in [2.45, 2.75) is 18.4 Å². The molecule has 3 rings (SSSR count). The quantitative estimate of drug-likeness (QED) is 0.705. The largest absolute Gasteiger partial charge is 0.365 e. The first-order valence-electron chi connectivity index (χ1n) is 7.59. The van der Waals surface area contributed by atoms with Gasteiger partial charge in [-0.1, -0.05) is 18.2 Å². The third-order valence-corrected chi connectivity index (χ3v) is 5.02. The monoisotopic (exact) mass is 355 g/mol. The smallest absolute Gasteiger partial charge is 0.263 e. The van der Waals surface area contributed by atoms with Crippen molar-refractivity contribution in [2.75, 3.05) is 10.0 Å². The van der Waals surface area contributed by atoms with Crippen LogP contribution < -0.4 is 10.0 Å². The van der Waals surface area contributed by atoms with Gasteiger partial charge in [0, 0.05) is 18.9 Å². The summed E-state index contributed by atoms with van der Waals surface area (Å²) >= 11 is 0. The normalized spacial score (nSPS) is 11.1. The van der Waals surface area contributed by atoms with E-state index in [2.05, 4.69) is 25.2 Å². The van der Waals surface area contributed by atoms with Crippen molar-refractivity contribution in [3.8, 4) is 0 Å². The van der Waals surface area contributed by atoms with Gasteiger partial charge in [-0.2, -0.15) is 0 Å². The number of hydrogen-bond donors (Lipinski definition) is 2. The van der Waals surface area contributed by atoms with E-state index in [-0.39, 0.29) is 10.7 Å². The van der Waals surface area contributed by atoms with Gasteiger partial charge >= 0.3 is 0 Å². The molecule has 2 N–H and O–H groups in total. The molecular weight excluding hydrogens is 338 g/mol. The van der Waals surface area contributed by atoms with Gasteiger partial charge < -0.3 is 5.32 Å². The van der Waals surface area contributed by atoms with Gasteiger partial charge in [0.1, 0.15) is 5.82 Å². The highest BCUT2D eigenvalue weighted by Crippen LogP contribution is 2.18. The van der Waals surface area contributed by atoms with Crippen molar-refractivity contribution >= 4 is 21.7 Å². The highest BCUT2D eigenvalue weighted by Gasteiger charge is 2.17. The molecule has 0 radical (unpaired) electrons. The van der Waals surface area contributed by atoms with Crippen LogP contribution in [0.4, 0.5) is 11.6 Å². The van der Waals surface area contributed by atoms with Crippen LogP contribution in [0.1, 0.15) is 11.1 Å². The van der Waals surface area contributed by atoms with E-state index in [0.717, 1.165) is 5.56 Å². The van der Waals surface area contributed by atoms with Gasteiger partial charge in [-0.15, -0.1) is 10.2 Å². The Kier molecular flexibility index (Phi) is 4.90. The molecule has 0 unspecified atom stereocenters. The second kappa shape index (κ2) is 7.27. The van der Waals surface area contributed by atoms with Crippen LogP contribution in [-0.4, -0.2) is 23.6 Å². The molecule has 0 saturated heterocycles. The number of aryl methyl sites for hydroxylation is 1. The minimum atomic E-state index is -3.69. The van der Waals surface area contributed by atoms with Crippen LogP contribution in [0.3, 0.4) is 0 Å². The van der Waals surface area contributed by atoms with Crippen LogP contribution in [0, 0.1) is 6.92 Å². The molecule has 0 aliphatic carbocycles. The molecule has 0 fully saturated rings. The summed E-state index contributed by atoms with van der Waals surface area (Å²) in [6, 6.07) is 13.8. The van der Waals surface area contributed by atoms with Crippen LogP contribution in [0.2, 0.25) is 0 Å². The van der Waals surface area contributed by atoms with Crippen LogP contribution in [-0.2, 0) is 16.6 Å². The molecule has 8 heteroatoms. The number of aromatic nitrogens is 3. The van der Waals surface area contributed by atoms with Crippen LogP contribution in [0.15, 0.2) is 65.8 Å². The first-order valence-corrected chi connectivity index (χ1v) is 9.08. The summed E-state index contributed by atoms with van der Waals surface area (Å²) in [5.74, 6) is 0.716. The number of hydrogen-bond acceptors (Lipinski definition) is 6. The van der Waals surface area contributed by atoms with E-state index in [1.807, 2.05) is 12.1 Å². The lowest BCUT2D eigenvalue weighted by Gasteiger charge is -2.10. The second-order valence-corrected chi connectivity index (χ2v) is 7.03. The first kappa shape index (κ1) is 16.8. The fraction of sp³-hybridized carbons (Fsp3) is 0.118. The molecule has 0 amide bonds. The van der Waals surface area contributed by atoms with Gasteiger partial charge in [-0.3, -0.25) is 9.71 Å². The molecule has 0 saturated carbocycles. The van der Waals surface area contributed by atoms with Crippen LogP contribution >= 0.6 is 0 Å². The highest BCUT2D eigenvalue weighted by molar-refractivity contribution is 7.92. The first-order chi connectivity index (χ1) is 12.0. The lowest BCUT2D eigenvalue weighted by Crippen LogP contribution is -2.15. The lowest BCUT2D eigenvalue weighted by atomic mass is 10.2. The van der Waals surface area contributed by atoms with Crippen molar-refractivity contribution in [1.82, 2.24) is 15.2 Å². The average Bonchev–Trinajstić information content (AvgIpc) is 2.62. The number of pyridine rings is 1. The summed E-state index contributed by atoms with van der Waals surface area (Å²) in [6.45, 7) is 2.32. The van der Waals surface area contributed by atoms with Gasteiger partial charge in [0.2, 0.25) is 0 Å². The van der Waals surface area contributed by atoms with E-state index in [0.29, 0.717) is 17.9 Å². The molecule has 0 bridgehead atoms. The maximum atomic E-state index is 12.4. The van der Waals surface area contributed by atoms with Gasteiger partial charge in [0.15, 0.2) is 5.82 Å². The highest BCUT2D eigenvalue weighted by atomic mass is 32.2. The summed E-state index contributed by atoms with van der Waals surface area (Å²) in [6.07, 6.45) is 3.43. The molecule has 1 aromatic carbocycles. The molecule has 25 heavy (non-hydrogen) atoms. The summed E-state index contributed by atoms with van der Waals surface area (Å²) in [7, 11) is -3.69. The predicted octanol–water partition coefficient (Wildman–Crippen LogP) is 2.59. The topological polar surface area (TPSA) is 96.9 Å². The van der Waals surface area contributed by atoms with Gasteiger partial charge in [0.25, 0.3) is 10.0 Å². The van der Waals surface area contributed by atoms with E-state index in [4.69, 9.17) is 0 Å². The van der Waals surface area contributed by atoms with Gasteiger partial charge in [-0.05, 0) is 48.4 Å². The minimum absolute atomic E-state index is 0.165. The number of anilines is 2. The van der Waals surface area contributed by atoms with Crippen molar-refractivity contribution in [1.29, 1.82) is 0 Å². The Morgan fingerprint density at radius 2 is 1.60 bits per heavy atom. The maximum absolute atomic E-state index is 12.4. The molecule has 2 heterocycles. The Morgan fingerprint density at radius 1 is 0.920 bits per heavy atom.